The lowest BCUT2D eigenvalue weighted by Crippen LogP contribution is -2.30. The minimum atomic E-state index is -0.708. The molecule has 2 amide bonds. The fraction of sp³-hybridized carbons (Fsp3) is 0.300. The van der Waals surface area contributed by atoms with Crippen LogP contribution in [0.3, 0.4) is 0 Å². The third-order valence-corrected chi connectivity index (χ3v) is 4.61. The predicted octanol–water partition coefficient (Wildman–Crippen LogP) is 3.98. The summed E-state index contributed by atoms with van der Waals surface area (Å²) in [5, 5.41) is 3.24. The van der Waals surface area contributed by atoms with Crippen LogP contribution in [0.15, 0.2) is 48.5 Å². The van der Waals surface area contributed by atoms with Crippen LogP contribution in [-0.4, -0.2) is 35.9 Å². The summed E-state index contributed by atoms with van der Waals surface area (Å²) in [5.41, 5.74) is 1.24. The number of amides is 2. The zero-order valence-corrected chi connectivity index (χ0v) is 15.3. The summed E-state index contributed by atoms with van der Waals surface area (Å²) in [6.45, 7) is 3.28. The fourth-order valence-electron chi connectivity index (χ4n) is 2.83. The van der Waals surface area contributed by atoms with Gasteiger partial charge < -0.3 is 15.0 Å². The molecular weight excluding hydrogens is 352 g/mol. The summed E-state index contributed by atoms with van der Waals surface area (Å²) < 4.78 is 5.60. The van der Waals surface area contributed by atoms with Gasteiger partial charge >= 0.3 is 0 Å². The number of benzene rings is 2. The van der Waals surface area contributed by atoms with Crippen molar-refractivity contribution in [1.82, 2.24) is 4.90 Å². The van der Waals surface area contributed by atoms with Crippen LogP contribution in [0.4, 0.5) is 5.69 Å². The fourth-order valence-corrected chi connectivity index (χ4v) is 3.01. The van der Waals surface area contributed by atoms with Gasteiger partial charge in [-0.05, 0) is 56.2 Å². The smallest absolute Gasteiger partial charge is 0.265 e. The first-order valence-corrected chi connectivity index (χ1v) is 9.04. The largest absolute Gasteiger partial charge is 0.479 e. The lowest BCUT2D eigenvalue weighted by Gasteiger charge is -2.17. The molecule has 0 aliphatic carbocycles. The van der Waals surface area contributed by atoms with Crippen LogP contribution >= 0.6 is 11.6 Å². The molecule has 26 heavy (non-hydrogen) atoms. The lowest BCUT2D eigenvalue weighted by atomic mass is 10.2. The molecule has 136 valence electrons. The zero-order chi connectivity index (χ0) is 18.5. The average molecular weight is 373 g/mol. The number of hydrogen-bond donors (Lipinski definition) is 1. The number of halogens is 1. The van der Waals surface area contributed by atoms with Gasteiger partial charge in [-0.2, -0.15) is 0 Å². The van der Waals surface area contributed by atoms with Crippen molar-refractivity contribution >= 4 is 29.1 Å². The molecule has 0 saturated carbocycles. The molecule has 0 bridgehead atoms. The Labute approximate surface area is 157 Å². The number of nitrogens with one attached hydrogen (secondary N) is 1. The van der Waals surface area contributed by atoms with Crippen molar-refractivity contribution in [3.8, 4) is 5.75 Å². The van der Waals surface area contributed by atoms with E-state index in [9.17, 15) is 9.59 Å². The first kappa shape index (κ1) is 18.3. The molecule has 2 aromatic carbocycles. The zero-order valence-electron chi connectivity index (χ0n) is 14.6. The third kappa shape index (κ3) is 4.35. The van der Waals surface area contributed by atoms with Gasteiger partial charge in [0.15, 0.2) is 6.10 Å². The SMILES string of the molecule is C[C@@H](Oc1ccccc1Cl)C(=O)Nc1ccc(C(=O)N2CCCC2)cc1. The molecule has 2 aromatic rings. The van der Waals surface area contributed by atoms with E-state index >= 15 is 0 Å². The number of carbonyl (C=O) groups is 2. The number of ether oxygens (including phenoxy) is 1. The highest BCUT2D eigenvalue weighted by molar-refractivity contribution is 6.32. The molecule has 0 aromatic heterocycles. The van der Waals surface area contributed by atoms with Crippen molar-refractivity contribution in [3.63, 3.8) is 0 Å². The Kier molecular flexibility index (Phi) is 5.78. The minimum Gasteiger partial charge on any atom is -0.479 e. The molecule has 0 radical (unpaired) electrons. The highest BCUT2D eigenvalue weighted by Gasteiger charge is 2.20. The number of anilines is 1. The van der Waals surface area contributed by atoms with Crippen LogP contribution in [-0.2, 0) is 4.79 Å². The van der Waals surface area contributed by atoms with Gasteiger partial charge in [-0.3, -0.25) is 9.59 Å². The Morgan fingerprint density at radius 3 is 2.38 bits per heavy atom. The van der Waals surface area contributed by atoms with Crippen molar-refractivity contribution in [1.29, 1.82) is 0 Å². The Morgan fingerprint density at radius 1 is 1.08 bits per heavy atom. The van der Waals surface area contributed by atoms with Crippen LogP contribution in [0, 0.1) is 0 Å². The molecule has 1 fully saturated rings. The Morgan fingerprint density at radius 2 is 1.73 bits per heavy atom. The molecule has 3 rings (SSSR count). The number of para-hydroxylation sites is 1. The molecule has 1 atom stereocenters. The van der Waals surface area contributed by atoms with Crippen LogP contribution in [0.1, 0.15) is 30.1 Å². The molecule has 0 spiro atoms. The standard InChI is InChI=1S/C20H21ClN2O3/c1-14(26-18-7-3-2-6-17(18)21)19(24)22-16-10-8-15(9-11-16)20(25)23-12-4-5-13-23/h2-3,6-11,14H,4-5,12-13H2,1H3,(H,22,24)/t14-/m1/s1. The van der Waals surface area contributed by atoms with E-state index in [1.54, 1.807) is 55.5 Å². The molecule has 1 aliphatic rings. The maximum absolute atomic E-state index is 12.3. The van der Waals surface area contributed by atoms with E-state index in [1.165, 1.54) is 0 Å². The van der Waals surface area contributed by atoms with E-state index in [2.05, 4.69) is 5.32 Å². The summed E-state index contributed by atoms with van der Waals surface area (Å²) in [5.74, 6) is 0.211. The third-order valence-electron chi connectivity index (χ3n) is 4.30. The summed E-state index contributed by atoms with van der Waals surface area (Å²) in [7, 11) is 0. The Balaban J connectivity index is 1.58. The van der Waals surface area contributed by atoms with Crippen molar-refractivity contribution in [2.45, 2.75) is 25.9 Å². The van der Waals surface area contributed by atoms with E-state index in [4.69, 9.17) is 16.3 Å². The average Bonchev–Trinajstić information content (AvgIpc) is 3.18. The van der Waals surface area contributed by atoms with E-state index in [-0.39, 0.29) is 11.8 Å². The van der Waals surface area contributed by atoms with Gasteiger partial charge in [-0.1, -0.05) is 23.7 Å². The molecule has 1 saturated heterocycles. The topological polar surface area (TPSA) is 58.6 Å². The van der Waals surface area contributed by atoms with Crippen LogP contribution in [0.5, 0.6) is 5.75 Å². The van der Waals surface area contributed by atoms with Crippen LogP contribution in [0.2, 0.25) is 5.02 Å². The van der Waals surface area contributed by atoms with Gasteiger partial charge in [0, 0.05) is 24.3 Å². The van der Waals surface area contributed by atoms with Crippen molar-refractivity contribution in [2.24, 2.45) is 0 Å². The van der Waals surface area contributed by atoms with E-state index in [1.807, 2.05) is 4.90 Å². The maximum Gasteiger partial charge on any atom is 0.265 e. The summed E-state index contributed by atoms with van der Waals surface area (Å²) in [4.78, 5) is 26.5. The predicted molar refractivity (Wildman–Crippen MR) is 102 cm³/mol. The van der Waals surface area contributed by atoms with E-state index in [0.29, 0.717) is 22.0 Å². The maximum atomic E-state index is 12.3. The molecular formula is C20H21ClN2O3. The highest BCUT2D eigenvalue weighted by atomic mass is 35.5. The first-order valence-electron chi connectivity index (χ1n) is 8.66. The second-order valence-corrected chi connectivity index (χ2v) is 6.66. The van der Waals surface area contributed by atoms with Gasteiger partial charge in [0.05, 0.1) is 5.02 Å². The Bertz CT molecular complexity index is 786. The minimum absolute atomic E-state index is 0.0378. The number of rotatable bonds is 5. The van der Waals surface area contributed by atoms with E-state index in [0.717, 1.165) is 25.9 Å². The molecule has 0 unspecified atom stereocenters. The quantitative estimate of drug-likeness (QED) is 0.863. The first-order chi connectivity index (χ1) is 12.5. The van der Waals surface area contributed by atoms with Crippen molar-refractivity contribution in [2.75, 3.05) is 18.4 Å². The molecule has 1 aliphatic heterocycles. The van der Waals surface area contributed by atoms with Crippen molar-refractivity contribution in [3.05, 3.63) is 59.1 Å². The van der Waals surface area contributed by atoms with Gasteiger partial charge in [-0.15, -0.1) is 0 Å². The number of hydrogen-bond acceptors (Lipinski definition) is 3. The van der Waals surface area contributed by atoms with Gasteiger partial charge in [0.1, 0.15) is 5.75 Å². The number of nitrogens with zero attached hydrogens (tertiary/aromatic N) is 1. The second kappa shape index (κ2) is 8.23. The van der Waals surface area contributed by atoms with Gasteiger partial charge in [0.25, 0.3) is 11.8 Å². The van der Waals surface area contributed by atoms with Gasteiger partial charge in [0.2, 0.25) is 0 Å². The number of carbonyl (C=O) groups excluding carboxylic acids is 2. The molecule has 6 heteroatoms. The van der Waals surface area contributed by atoms with E-state index < -0.39 is 6.10 Å². The normalized spacial score (nSPS) is 14.8. The lowest BCUT2D eigenvalue weighted by molar-refractivity contribution is -0.122. The molecule has 1 heterocycles. The highest BCUT2D eigenvalue weighted by Crippen LogP contribution is 2.24. The molecule has 1 N–H and O–H groups in total. The number of likely N-dealkylation sites (tertiary alicyclic amines) is 1. The molecule has 5 nitrogen and oxygen atoms in total. The second-order valence-electron chi connectivity index (χ2n) is 6.26. The summed E-state index contributed by atoms with van der Waals surface area (Å²) in [6.07, 6.45) is 1.41. The van der Waals surface area contributed by atoms with Crippen molar-refractivity contribution < 1.29 is 14.3 Å². The van der Waals surface area contributed by atoms with Crippen LogP contribution < -0.4 is 10.1 Å². The Hall–Kier alpha value is -2.53. The monoisotopic (exact) mass is 372 g/mol. The van der Waals surface area contributed by atoms with Crippen LogP contribution in [0.25, 0.3) is 0 Å². The van der Waals surface area contributed by atoms with Gasteiger partial charge in [-0.25, -0.2) is 0 Å². The summed E-state index contributed by atoms with van der Waals surface area (Å²) in [6, 6.07) is 13.9. The summed E-state index contributed by atoms with van der Waals surface area (Å²) >= 11 is 6.04.